The van der Waals surface area contributed by atoms with Gasteiger partial charge in [0.1, 0.15) is 0 Å². The number of rotatable bonds is 7. The fraction of sp³-hybridized carbons (Fsp3) is 0.583. The molecule has 100 valence electrons. The fourth-order valence-corrected chi connectivity index (χ4v) is 1.09. The molecule has 0 saturated heterocycles. The molecule has 0 spiro atoms. The van der Waals surface area contributed by atoms with Crippen LogP contribution in [0.25, 0.3) is 0 Å². The number of hydrogen-bond donors (Lipinski definition) is 2. The maximum absolute atomic E-state index is 10.9. The number of nitrogens with one attached hydrogen (secondary N) is 1. The van der Waals surface area contributed by atoms with Crippen molar-refractivity contribution in [1.29, 1.82) is 0 Å². The monoisotopic (exact) mass is 253 g/mol. The van der Waals surface area contributed by atoms with Gasteiger partial charge in [0.25, 0.3) is 0 Å². The summed E-state index contributed by atoms with van der Waals surface area (Å²) in [5.41, 5.74) is -0.871. The van der Waals surface area contributed by atoms with E-state index in [4.69, 9.17) is 9.84 Å². The Balaban J connectivity index is 2.60. The molecule has 1 aromatic heterocycles. The molecule has 0 aliphatic rings. The molecular weight excluding hydrogens is 234 g/mol. The average Bonchev–Trinajstić information content (AvgIpc) is 2.34. The third-order valence-corrected chi connectivity index (χ3v) is 2.35. The van der Waals surface area contributed by atoms with Gasteiger partial charge < -0.3 is 15.2 Å². The molecule has 1 aromatic rings. The van der Waals surface area contributed by atoms with Crippen molar-refractivity contribution in [3.63, 3.8) is 0 Å². The lowest BCUT2D eigenvalue weighted by Crippen LogP contribution is -2.32. The van der Waals surface area contributed by atoms with Crippen LogP contribution in [0, 0.1) is 5.41 Å². The number of ether oxygens (including phenoxy) is 1. The number of carbonyl (C=O) groups is 1. The summed E-state index contributed by atoms with van der Waals surface area (Å²) in [7, 11) is 0. The molecular formula is C12H19N3O3. The van der Waals surface area contributed by atoms with E-state index < -0.39 is 11.4 Å². The van der Waals surface area contributed by atoms with Gasteiger partial charge in [-0.25, -0.2) is 4.98 Å². The molecule has 0 unspecified atom stereocenters. The van der Waals surface area contributed by atoms with E-state index in [1.165, 1.54) is 0 Å². The van der Waals surface area contributed by atoms with Crippen molar-refractivity contribution in [2.24, 2.45) is 5.41 Å². The van der Waals surface area contributed by atoms with Crippen molar-refractivity contribution in [2.75, 3.05) is 18.5 Å². The van der Waals surface area contributed by atoms with E-state index in [9.17, 15) is 4.79 Å². The predicted molar refractivity (Wildman–Crippen MR) is 67.7 cm³/mol. The standard InChI is InChI=1S/C12H19N3O3/c1-4-7-18-9-5-6-13-11(15-9)14-8-12(2,3)10(16)17/h5-6H,4,7-8H2,1-3H3,(H,16,17)(H,13,14,15). The molecule has 0 bridgehead atoms. The molecule has 18 heavy (non-hydrogen) atoms. The van der Waals surface area contributed by atoms with Gasteiger partial charge >= 0.3 is 5.97 Å². The van der Waals surface area contributed by atoms with E-state index in [1.54, 1.807) is 26.1 Å². The number of aromatic nitrogens is 2. The topological polar surface area (TPSA) is 84.3 Å². The van der Waals surface area contributed by atoms with Gasteiger partial charge in [0.2, 0.25) is 11.8 Å². The first kappa shape index (κ1) is 14.2. The van der Waals surface area contributed by atoms with Crippen molar-refractivity contribution >= 4 is 11.9 Å². The van der Waals surface area contributed by atoms with Gasteiger partial charge in [0.15, 0.2) is 0 Å². The van der Waals surface area contributed by atoms with Crippen molar-refractivity contribution < 1.29 is 14.6 Å². The second-order valence-corrected chi connectivity index (χ2v) is 4.61. The van der Waals surface area contributed by atoms with E-state index in [2.05, 4.69) is 15.3 Å². The molecule has 0 atom stereocenters. The highest BCUT2D eigenvalue weighted by molar-refractivity contribution is 5.74. The largest absolute Gasteiger partial charge is 0.481 e. The van der Waals surface area contributed by atoms with Crippen LogP contribution in [-0.4, -0.2) is 34.2 Å². The maximum atomic E-state index is 10.9. The van der Waals surface area contributed by atoms with Gasteiger partial charge in [-0.15, -0.1) is 0 Å². The molecule has 2 N–H and O–H groups in total. The zero-order chi connectivity index (χ0) is 13.6. The molecule has 0 radical (unpaired) electrons. The first-order valence-corrected chi connectivity index (χ1v) is 5.89. The SMILES string of the molecule is CCCOc1ccnc(NCC(C)(C)C(=O)O)n1. The Morgan fingerprint density at radius 3 is 2.89 bits per heavy atom. The summed E-state index contributed by atoms with van der Waals surface area (Å²) in [5, 5.41) is 11.9. The number of aliphatic carboxylic acids is 1. The molecule has 0 saturated carbocycles. The summed E-state index contributed by atoms with van der Waals surface area (Å²) < 4.78 is 5.37. The third-order valence-electron chi connectivity index (χ3n) is 2.35. The molecule has 6 heteroatoms. The molecule has 0 fully saturated rings. The molecule has 0 aromatic carbocycles. The van der Waals surface area contributed by atoms with Crippen LogP contribution in [0.2, 0.25) is 0 Å². The van der Waals surface area contributed by atoms with Gasteiger partial charge in [0.05, 0.1) is 12.0 Å². The molecule has 0 aliphatic heterocycles. The maximum Gasteiger partial charge on any atom is 0.310 e. The van der Waals surface area contributed by atoms with E-state index >= 15 is 0 Å². The summed E-state index contributed by atoms with van der Waals surface area (Å²) in [6.45, 7) is 6.13. The Kier molecular flexibility index (Phi) is 4.88. The van der Waals surface area contributed by atoms with Crippen LogP contribution in [0.3, 0.4) is 0 Å². The highest BCUT2D eigenvalue weighted by Gasteiger charge is 2.27. The van der Waals surface area contributed by atoms with E-state index in [0.717, 1.165) is 6.42 Å². The fourth-order valence-electron chi connectivity index (χ4n) is 1.09. The smallest absolute Gasteiger partial charge is 0.310 e. The second kappa shape index (κ2) is 6.18. The Morgan fingerprint density at radius 1 is 1.56 bits per heavy atom. The Hall–Kier alpha value is -1.85. The van der Waals surface area contributed by atoms with Gasteiger partial charge in [-0.1, -0.05) is 6.92 Å². The van der Waals surface area contributed by atoms with Crippen LogP contribution in [0.5, 0.6) is 5.88 Å². The molecule has 0 aliphatic carbocycles. The number of nitrogens with zero attached hydrogens (tertiary/aromatic N) is 2. The Labute approximate surface area is 106 Å². The van der Waals surface area contributed by atoms with Crippen LogP contribution >= 0.6 is 0 Å². The number of carboxylic acids is 1. The van der Waals surface area contributed by atoms with Crippen LogP contribution in [-0.2, 0) is 4.79 Å². The molecule has 0 amide bonds. The molecule has 1 heterocycles. The van der Waals surface area contributed by atoms with Gasteiger partial charge in [-0.3, -0.25) is 4.79 Å². The van der Waals surface area contributed by atoms with Crippen molar-refractivity contribution in [1.82, 2.24) is 9.97 Å². The van der Waals surface area contributed by atoms with Crippen molar-refractivity contribution in [3.8, 4) is 5.88 Å². The summed E-state index contributed by atoms with van der Waals surface area (Å²) in [6.07, 6.45) is 2.48. The minimum Gasteiger partial charge on any atom is -0.481 e. The van der Waals surface area contributed by atoms with E-state index in [0.29, 0.717) is 18.4 Å². The normalized spacial score (nSPS) is 11.1. The second-order valence-electron chi connectivity index (χ2n) is 4.61. The third kappa shape index (κ3) is 4.20. The van der Waals surface area contributed by atoms with Gasteiger partial charge in [-0.05, 0) is 20.3 Å². The van der Waals surface area contributed by atoms with Crippen LogP contribution < -0.4 is 10.1 Å². The first-order valence-electron chi connectivity index (χ1n) is 5.89. The average molecular weight is 253 g/mol. The van der Waals surface area contributed by atoms with Crippen molar-refractivity contribution in [2.45, 2.75) is 27.2 Å². The number of hydrogen-bond acceptors (Lipinski definition) is 5. The summed E-state index contributed by atoms with van der Waals surface area (Å²) in [4.78, 5) is 19.1. The van der Waals surface area contributed by atoms with Gasteiger partial charge in [0, 0.05) is 18.8 Å². The van der Waals surface area contributed by atoms with Crippen molar-refractivity contribution in [3.05, 3.63) is 12.3 Å². The van der Waals surface area contributed by atoms with E-state index in [1.807, 2.05) is 6.92 Å². The first-order chi connectivity index (χ1) is 8.45. The molecule has 1 rings (SSSR count). The Bertz CT molecular complexity index is 407. The van der Waals surface area contributed by atoms with Crippen LogP contribution in [0.1, 0.15) is 27.2 Å². The van der Waals surface area contributed by atoms with Crippen LogP contribution in [0.15, 0.2) is 12.3 Å². The summed E-state index contributed by atoms with van der Waals surface area (Å²) >= 11 is 0. The van der Waals surface area contributed by atoms with E-state index in [-0.39, 0.29) is 6.54 Å². The zero-order valence-electron chi connectivity index (χ0n) is 10.9. The quantitative estimate of drug-likeness (QED) is 0.770. The lowest BCUT2D eigenvalue weighted by molar-refractivity contribution is -0.146. The summed E-state index contributed by atoms with van der Waals surface area (Å²) in [6, 6.07) is 1.67. The lowest BCUT2D eigenvalue weighted by atomic mass is 9.94. The predicted octanol–water partition coefficient (Wildman–Crippen LogP) is 1.79. The highest BCUT2D eigenvalue weighted by Crippen LogP contribution is 2.16. The summed E-state index contributed by atoms with van der Waals surface area (Å²) in [5.74, 6) is -0.00574. The Morgan fingerprint density at radius 2 is 2.28 bits per heavy atom. The number of carboxylic acid groups (broad SMARTS) is 1. The van der Waals surface area contributed by atoms with Crippen LogP contribution in [0.4, 0.5) is 5.95 Å². The zero-order valence-corrected chi connectivity index (χ0v) is 10.9. The number of anilines is 1. The lowest BCUT2D eigenvalue weighted by Gasteiger charge is -2.19. The minimum absolute atomic E-state index is 0.250. The minimum atomic E-state index is -0.871. The molecule has 6 nitrogen and oxygen atoms in total. The highest BCUT2D eigenvalue weighted by atomic mass is 16.5. The van der Waals surface area contributed by atoms with Gasteiger partial charge in [-0.2, -0.15) is 4.98 Å².